The molecule has 0 radical (unpaired) electrons. The number of carbonyl (C=O) groups excluding carboxylic acids is 2. The van der Waals surface area contributed by atoms with Crippen LogP contribution in [0.25, 0.3) is 11.1 Å². The van der Waals surface area contributed by atoms with Gasteiger partial charge in [-0.3, -0.25) is 0 Å². The van der Waals surface area contributed by atoms with Gasteiger partial charge in [-0.2, -0.15) is 0 Å². The number of carbonyl (C=O) groups is 2. The van der Waals surface area contributed by atoms with Gasteiger partial charge in [-0.05, 0) is 87.5 Å². The third kappa shape index (κ3) is 9.28. The van der Waals surface area contributed by atoms with Crippen LogP contribution in [0, 0.1) is 0 Å². The predicted molar refractivity (Wildman–Crippen MR) is 233 cm³/mol. The molecular weight excluding hydrogens is 781 g/mol. The zero-order chi connectivity index (χ0) is 39.6. The molecule has 10 heteroatoms. The second-order valence-corrected chi connectivity index (χ2v) is 17.8. The van der Waals surface area contributed by atoms with Crippen LogP contribution in [0.4, 0.5) is 0 Å². The van der Waals surface area contributed by atoms with Gasteiger partial charge in [0, 0.05) is 11.1 Å². The molecule has 0 aliphatic heterocycles. The molecule has 0 unspecified atom stereocenters. The summed E-state index contributed by atoms with van der Waals surface area (Å²) in [5.74, 6) is -0.555. The lowest BCUT2D eigenvalue weighted by molar-refractivity contribution is -0.151. The Bertz CT molecular complexity index is 2000. The fourth-order valence-corrected chi connectivity index (χ4v) is 11.6. The van der Waals surface area contributed by atoms with Crippen molar-refractivity contribution in [2.45, 2.75) is 39.9 Å². The van der Waals surface area contributed by atoms with Crippen molar-refractivity contribution in [3.8, 4) is 22.6 Å². The largest absolute Gasteiger partial charge is 0.477 e. The summed E-state index contributed by atoms with van der Waals surface area (Å²) in [5, 5.41) is 6.58. The van der Waals surface area contributed by atoms with Crippen molar-refractivity contribution in [1.29, 1.82) is 0 Å². The average Bonchev–Trinajstić information content (AvgIpc) is 3.22. The molecule has 286 valence electrons. The molecule has 0 aromatic heterocycles. The Labute approximate surface area is 341 Å². The lowest BCUT2D eigenvalue weighted by Gasteiger charge is -2.30. The first-order valence-electron chi connectivity index (χ1n) is 18.4. The molecule has 0 amide bonds. The van der Waals surface area contributed by atoms with Crippen LogP contribution >= 0.6 is 39.0 Å². The second kappa shape index (κ2) is 19.4. The SMILES string of the molecule is CCOC(=O)[C@@H](C)Oc1c(Cl)ccc(P(c2ccccc2)c2ccccc2)c1-c1c(P(c2ccccc2)c2ccccc2)ccc(Cl)c1O[C@H](C)C(=O)OCC. The topological polar surface area (TPSA) is 71.1 Å². The number of benzene rings is 6. The van der Waals surface area contributed by atoms with E-state index < -0.39 is 40.0 Å². The van der Waals surface area contributed by atoms with Gasteiger partial charge >= 0.3 is 11.9 Å². The van der Waals surface area contributed by atoms with E-state index in [1.54, 1.807) is 39.8 Å². The van der Waals surface area contributed by atoms with E-state index in [1.165, 1.54) is 0 Å². The van der Waals surface area contributed by atoms with Gasteiger partial charge in [0.25, 0.3) is 0 Å². The minimum atomic E-state index is -1.30. The van der Waals surface area contributed by atoms with Gasteiger partial charge in [-0.15, -0.1) is 0 Å². The summed E-state index contributed by atoms with van der Waals surface area (Å²) in [4.78, 5) is 26.5. The fraction of sp³-hybridized carbons (Fsp3) is 0.174. The third-order valence-corrected chi connectivity index (χ3v) is 14.4. The molecule has 0 bridgehead atoms. The fourth-order valence-electron chi connectivity index (χ4n) is 6.31. The van der Waals surface area contributed by atoms with E-state index in [0.717, 1.165) is 31.8 Å². The highest BCUT2D eigenvalue weighted by atomic mass is 35.5. The highest BCUT2D eigenvalue weighted by Crippen LogP contribution is 2.51. The maximum atomic E-state index is 13.2. The molecule has 0 saturated carbocycles. The molecule has 6 aromatic rings. The van der Waals surface area contributed by atoms with Crippen LogP contribution in [0.1, 0.15) is 27.7 Å². The number of ether oxygens (including phenoxy) is 4. The molecule has 6 rings (SSSR count). The first-order chi connectivity index (χ1) is 27.2. The second-order valence-electron chi connectivity index (χ2n) is 12.6. The van der Waals surface area contributed by atoms with Gasteiger partial charge in [0.2, 0.25) is 0 Å². The summed E-state index contributed by atoms with van der Waals surface area (Å²) in [6.45, 7) is 7.14. The van der Waals surface area contributed by atoms with Crippen LogP contribution in [-0.4, -0.2) is 37.4 Å². The number of esters is 2. The molecule has 6 aromatic carbocycles. The number of hydrogen-bond donors (Lipinski definition) is 0. The lowest BCUT2D eigenvalue weighted by Crippen LogP contribution is -2.31. The Kier molecular flexibility index (Phi) is 14.2. The van der Waals surface area contributed by atoms with Crippen molar-refractivity contribution in [1.82, 2.24) is 0 Å². The van der Waals surface area contributed by atoms with Crippen LogP contribution in [-0.2, 0) is 19.1 Å². The summed E-state index contributed by atoms with van der Waals surface area (Å²) in [7, 11) is -2.61. The summed E-state index contributed by atoms with van der Waals surface area (Å²) >= 11 is 14.4. The molecule has 6 nitrogen and oxygen atoms in total. The van der Waals surface area contributed by atoms with E-state index in [1.807, 2.05) is 84.9 Å². The molecule has 2 atom stereocenters. The molecule has 0 N–H and O–H groups in total. The van der Waals surface area contributed by atoms with E-state index in [0.29, 0.717) is 11.1 Å². The Morgan fingerprint density at radius 1 is 0.482 bits per heavy atom. The maximum absolute atomic E-state index is 13.2. The van der Waals surface area contributed by atoms with Crippen LogP contribution < -0.4 is 41.3 Å². The van der Waals surface area contributed by atoms with E-state index in [4.69, 9.17) is 42.1 Å². The Morgan fingerprint density at radius 2 is 0.768 bits per heavy atom. The first-order valence-corrected chi connectivity index (χ1v) is 21.8. The van der Waals surface area contributed by atoms with E-state index in [2.05, 4.69) is 48.5 Å². The Morgan fingerprint density at radius 3 is 1.04 bits per heavy atom. The Hall–Kier alpha value is -4.70. The van der Waals surface area contributed by atoms with Crippen LogP contribution in [0.2, 0.25) is 10.0 Å². The van der Waals surface area contributed by atoms with Crippen molar-refractivity contribution in [2.75, 3.05) is 13.2 Å². The number of halogens is 2. The Balaban J connectivity index is 1.78. The zero-order valence-electron chi connectivity index (χ0n) is 31.5. The van der Waals surface area contributed by atoms with Gasteiger partial charge in [-0.25, -0.2) is 9.59 Å². The van der Waals surface area contributed by atoms with Crippen molar-refractivity contribution < 1.29 is 28.5 Å². The van der Waals surface area contributed by atoms with Gasteiger partial charge in [0.15, 0.2) is 12.2 Å². The monoisotopic (exact) mass is 822 g/mol. The van der Waals surface area contributed by atoms with E-state index in [-0.39, 0.29) is 34.8 Å². The predicted octanol–water partition coefficient (Wildman–Crippen LogP) is 8.84. The van der Waals surface area contributed by atoms with Gasteiger partial charge in [0.05, 0.1) is 23.3 Å². The summed E-state index contributed by atoms with van der Waals surface area (Å²) in [5.41, 5.74) is 1.19. The number of rotatable bonds is 15. The third-order valence-electron chi connectivity index (χ3n) is 8.79. The van der Waals surface area contributed by atoms with Crippen LogP contribution in [0.5, 0.6) is 11.5 Å². The summed E-state index contributed by atoms with van der Waals surface area (Å²) in [6.07, 6.45) is -2.06. The summed E-state index contributed by atoms with van der Waals surface area (Å²) in [6, 6.07) is 48.7. The molecule has 0 fully saturated rings. The number of hydrogen-bond acceptors (Lipinski definition) is 6. The van der Waals surface area contributed by atoms with E-state index in [9.17, 15) is 9.59 Å². The average molecular weight is 824 g/mol. The van der Waals surface area contributed by atoms with Crippen LogP contribution in [0.15, 0.2) is 146 Å². The minimum absolute atomic E-state index is 0.182. The summed E-state index contributed by atoms with van der Waals surface area (Å²) < 4.78 is 24.1. The highest BCUT2D eigenvalue weighted by molar-refractivity contribution is 7.80. The highest BCUT2D eigenvalue weighted by Gasteiger charge is 2.34. The quantitative estimate of drug-likeness (QED) is 0.0762. The molecule has 0 heterocycles. The van der Waals surface area contributed by atoms with Crippen LogP contribution in [0.3, 0.4) is 0 Å². The molecule has 0 saturated heterocycles. The minimum Gasteiger partial charge on any atom is -0.477 e. The van der Waals surface area contributed by atoms with E-state index >= 15 is 0 Å². The molecule has 0 aliphatic carbocycles. The van der Waals surface area contributed by atoms with Crippen molar-refractivity contribution in [3.63, 3.8) is 0 Å². The van der Waals surface area contributed by atoms with Crippen molar-refractivity contribution in [3.05, 3.63) is 156 Å². The molecular formula is C46H42Cl2O6P2. The standard InChI is InChI=1S/C46H42Cl2O6P2/c1-5-51-45(49)31(3)53-43-37(47)27-29-39(55(33-19-11-7-12-20-33)34-21-13-8-14-22-34)41(43)42-40(30-28-38(48)44(42)54-32(4)46(50)52-6-2)56(35-23-15-9-16-24-35)36-25-17-10-18-26-36/h7-32H,5-6H2,1-4H3/t31-,32-/m1/s1. The first kappa shape index (κ1) is 40.9. The molecule has 56 heavy (non-hydrogen) atoms. The molecule has 0 aliphatic rings. The van der Waals surface area contributed by atoms with Gasteiger partial charge < -0.3 is 18.9 Å². The molecule has 0 spiro atoms. The lowest BCUT2D eigenvalue weighted by atomic mass is 10.0. The van der Waals surface area contributed by atoms with Crippen molar-refractivity contribution >= 4 is 82.8 Å². The maximum Gasteiger partial charge on any atom is 0.347 e. The van der Waals surface area contributed by atoms with Crippen molar-refractivity contribution in [2.24, 2.45) is 0 Å². The zero-order valence-corrected chi connectivity index (χ0v) is 34.8. The van der Waals surface area contributed by atoms with Gasteiger partial charge in [0.1, 0.15) is 11.5 Å². The normalized spacial score (nSPS) is 12.2. The smallest absolute Gasteiger partial charge is 0.347 e. The van der Waals surface area contributed by atoms with Gasteiger partial charge in [-0.1, -0.05) is 157 Å².